The minimum absolute atomic E-state index is 0.0577. The topological polar surface area (TPSA) is 145 Å². The maximum absolute atomic E-state index is 13.7. The maximum Gasteiger partial charge on any atom is 0.408 e. The van der Waals surface area contributed by atoms with Crippen LogP contribution < -0.4 is 5.32 Å². The summed E-state index contributed by atoms with van der Waals surface area (Å²) in [5.41, 5.74) is -0.251. The molecule has 2 saturated heterocycles. The van der Waals surface area contributed by atoms with Gasteiger partial charge in [-0.1, -0.05) is 24.3 Å². The molecule has 1 spiro atoms. The van der Waals surface area contributed by atoms with Gasteiger partial charge in [-0.25, -0.2) is 9.18 Å². The average Bonchev–Trinajstić information content (AvgIpc) is 3.65. The summed E-state index contributed by atoms with van der Waals surface area (Å²) >= 11 is 0. The first-order valence-corrected chi connectivity index (χ1v) is 14.6. The lowest BCUT2D eigenvalue weighted by Gasteiger charge is -2.35. The van der Waals surface area contributed by atoms with E-state index in [1.54, 1.807) is 12.3 Å². The van der Waals surface area contributed by atoms with Crippen LogP contribution in [0, 0.1) is 5.82 Å². The van der Waals surface area contributed by atoms with Gasteiger partial charge in [-0.3, -0.25) is 28.8 Å². The number of ketones is 1. The Bertz CT molecular complexity index is 1790. The Kier molecular flexibility index (Phi) is 7.86. The van der Waals surface area contributed by atoms with Gasteiger partial charge in [0.15, 0.2) is 11.3 Å². The van der Waals surface area contributed by atoms with Gasteiger partial charge in [0.2, 0.25) is 11.8 Å². The van der Waals surface area contributed by atoms with E-state index in [0.717, 1.165) is 19.1 Å². The molecule has 6 rings (SSSR count). The lowest BCUT2D eigenvalue weighted by Crippen LogP contribution is -2.54. The quantitative estimate of drug-likeness (QED) is 0.280. The third-order valence-corrected chi connectivity index (χ3v) is 8.68. The molecule has 2 aromatic carbocycles. The Balaban J connectivity index is 1.20. The molecule has 2 atom stereocenters. The van der Waals surface area contributed by atoms with E-state index in [4.69, 9.17) is 0 Å². The number of nitrogens with zero attached hydrogens (tertiary/aromatic N) is 5. The fraction of sp³-hybridized carbons (Fsp3) is 0.355. The molecule has 3 aromatic rings. The van der Waals surface area contributed by atoms with Crippen LogP contribution in [-0.4, -0.2) is 97.1 Å². The van der Waals surface area contributed by atoms with Crippen molar-refractivity contribution in [3.8, 4) is 11.1 Å². The predicted molar refractivity (Wildman–Crippen MR) is 154 cm³/mol. The fourth-order valence-electron chi connectivity index (χ4n) is 5.96. The Morgan fingerprint density at radius 2 is 1.79 bits per heavy atom. The Morgan fingerprint density at radius 3 is 2.45 bits per heavy atom. The van der Waals surface area contributed by atoms with E-state index in [-0.39, 0.29) is 42.2 Å². The summed E-state index contributed by atoms with van der Waals surface area (Å²) in [4.78, 5) is 68.0. The predicted octanol–water partition coefficient (Wildman–Crippen LogP) is 2.21. The molecule has 1 aliphatic carbocycles. The average molecular weight is 657 g/mol. The van der Waals surface area contributed by atoms with Crippen LogP contribution in [0.15, 0.2) is 54.9 Å². The number of nitrogens with one attached hydrogen (secondary N) is 1. The number of Topliss-reactive ketones (excluding diaryl/α,β-unsaturated/α-hetero) is 1. The highest BCUT2D eigenvalue weighted by molar-refractivity contribution is 6.17. The lowest BCUT2D eigenvalue weighted by atomic mass is 9.90. The van der Waals surface area contributed by atoms with E-state index >= 15 is 0 Å². The standard InChI is InChI=1S/C31H28F4N6O6/c1-17(31(33,34)35)40(11-18-2-5-21(32)6-3-18)27(45)16-41-28(46)30(37-29(41)47)9-25(43)23-8-19(4-7-24(23)30)20-10-36-39(12-20)15-26(44)38-13-22(42)14-38/h2-8,10,12,17,22,42H,9,11,13-16H2,1H3,(H,37,47)/t17-,30?/m0/s1. The van der Waals surface area contributed by atoms with Crippen molar-refractivity contribution in [1.82, 2.24) is 29.8 Å². The largest absolute Gasteiger partial charge is 0.408 e. The van der Waals surface area contributed by atoms with Gasteiger partial charge in [-0.05, 0) is 41.8 Å². The second-order valence-electron chi connectivity index (χ2n) is 11.8. The number of hydrogen-bond acceptors (Lipinski definition) is 7. The molecule has 2 aliphatic heterocycles. The number of aliphatic hydroxyl groups is 1. The number of urea groups is 1. The number of benzene rings is 2. The zero-order valence-corrected chi connectivity index (χ0v) is 24.8. The van der Waals surface area contributed by atoms with Gasteiger partial charge in [0.1, 0.15) is 24.9 Å². The molecule has 1 aromatic heterocycles. The van der Waals surface area contributed by atoms with E-state index in [1.807, 2.05) is 0 Å². The minimum atomic E-state index is -4.84. The number of amides is 5. The Labute approximate surface area is 264 Å². The van der Waals surface area contributed by atoms with Crippen LogP contribution in [0.3, 0.4) is 0 Å². The number of halogens is 4. The molecule has 1 unspecified atom stereocenters. The molecule has 0 bridgehead atoms. The monoisotopic (exact) mass is 656 g/mol. The number of β-amino-alcohol motifs (C(OH)–C–C–N with tert-alkyl or cyclic N) is 1. The van der Waals surface area contributed by atoms with Crippen LogP contribution in [0.5, 0.6) is 0 Å². The maximum atomic E-state index is 13.7. The molecule has 5 amide bonds. The van der Waals surface area contributed by atoms with Crippen molar-refractivity contribution in [2.75, 3.05) is 19.6 Å². The molecule has 2 N–H and O–H groups in total. The number of carbonyl (C=O) groups excluding carboxylic acids is 5. The lowest BCUT2D eigenvalue weighted by molar-refractivity contribution is -0.187. The Morgan fingerprint density at radius 1 is 1.09 bits per heavy atom. The summed E-state index contributed by atoms with van der Waals surface area (Å²) in [6, 6.07) is 5.76. The van der Waals surface area contributed by atoms with Gasteiger partial charge in [0, 0.05) is 43.4 Å². The SMILES string of the molecule is C[C@H](N(Cc1ccc(F)cc1)C(=O)CN1C(=O)NC2(CC(=O)c3cc(-c4cnn(CC(=O)N5CC(O)C5)c4)ccc32)C1=O)C(F)(F)F. The first-order valence-electron chi connectivity index (χ1n) is 14.6. The van der Waals surface area contributed by atoms with Crippen LogP contribution in [0.2, 0.25) is 0 Å². The van der Waals surface area contributed by atoms with Crippen LogP contribution in [0.1, 0.15) is 34.8 Å². The molecule has 2 fully saturated rings. The van der Waals surface area contributed by atoms with Crippen molar-refractivity contribution < 1.29 is 46.6 Å². The summed E-state index contributed by atoms with van der Waals surface area (Å²) in [7, 11) is 0. The molecule has 246 valence electrons. The van der Waals surface area contributed by atoms with E-state index in [9.17, 15) is 46.6 Å². The summed E-state index contributed by atoms with van der Waals surface area (Å²) in [6.45, 7) is -0.378. The molecule has 47 heavy (non-hydrogen) atoms. The highest BCUT2D eigenvalue weighted by Gasteiger charge is 2.58. The van der Waals surface area contributed by atoms with Gasteiger partial charge in [-0.2, -0.15) is 18.3 Å². The van der Waals surface area contributed by atoms with Gasteiger partial charge >= 0.3 is 12.2 Å². The highest BCUT2D eigenvalue weighted by Crippen LogP contribution is 2.43. The number of hydrogen-bond donors (Lipinski definition) is 2. The van der Waals surface area contributed by atoms with Crippen LogP contribution in [0.4, 0.5) is 22.4 Å². The zero-order chi connectivity index (χ0) is 33.8. The molecule has 3 heterocycles. The molecule has 12 nitrogen and oxygen atoms in total. The zero-order valence-electron chi connectivity index (χ0n) is 24.8. The number of aliphatic hydroxyl groups excluding tert-OH is 1. The molecule has 16 heteroatoms. The summed E-state index contributed by atoms with van der Waals surface area (Å²) in [5.74, 6) is -3.46. The number of likely N-dealkylation sites (tertiary alicyclic amines) is 1. The van der Waals surface area contributed by atoms with Crippen LogP contribution in [-0.2, 0) is 33.0 Å². The third kappa shape index (κ3) is 5.84. The summed E-state index contributed by atoms with van der Waals surface area (Å²) in [5, 5.41) is 16.1. The van der Waals surface area contributed by atoms with Crippen molar-refractivity contribution in [3.63, 3.8) is 0 Å². The van der Waals surface area contributed by atoms with E-state index in [1.165, 1.54) is 40.0 Å². The van der Waals surface area contributed by atoms with Gasteiger partial charge in [-0.15, -0.1) is 0 Å². The molecule has 0 radical (unpaired) electrons. The molecule has 0 saturated carbocycles. The summed E-state index contributed by atoms with van der Waals surface area (Å²) in [6.07, 6.45) is -2.75. The third-order valence-electron chi connectivity index (χ3n) is 8.68. The Hall–Kier alpha value is -5.12. The van der Waals surface area contributed by atoms with Crippen molar-refractivity contribution in [2.24, 2.45) is 0 Å². The van der Waals surface area contributed by atoms with E-state index < -0.39 is 72.8 Å². The second kappa shape index (κ2) is 11.6. The number of fused-ring (bicyclic) bond motifs is 2. The van der Waals surface area contributed by atoms with Crippen molar-refractivity contribution in [1.29, 1.82) is 0 Å². The smallest absolute Gasteiger partial charge is 0.389 e. The number of imide groups is 1. The van der Waals surface area contributed by atoms with E-state index in [0.29, 0.717) is 20.9 Å². The normalized spacial score (nSPS) is 20.0. The van der Waals surface area contributed by atoms with Crippen molar-refractivity contribution in [2.45, 2.75) is 50.3 Å². The van der Waals surface area contributed by atoms with Crippen LogP contribution >= 0.6 is 0 Å². The van der Waals surface area contributed by atoms with Gasteiger partial charge < -0.3 is 20.2 Å². The number of rotatable bonds is 8. The first-order chi connectivity index (χ1) is 22.2. The highest BCUT2D eigenvalue weighted by atomic mass is 19.4. The van der Waals surface area contributed by atoms with Crippen molar-refractivity contribution in [3.05, 3.63) is 77.4 Å². The number of aromatic nitrogens is 2. The first kappa shape index (κ1) is 31.8. The van der Waals surface area contributed by atoms with Gasteiger partial charge in [0.05, 0.1) is 12.3 Å². The minimum Gasteiger partial charge on any atom is -0.389 e. The van der Waals surface area contributed by atoms with Gasteiger partial charge in [0.25, 0.3) is 5.91 Å². The number of carbonyl (C=O) groups is 5. The van der Waals surface area contributed by atoms with Crippen molar-refractivity contribution >= 4 is 29.5 Å². The van der Waals surface area contributed by atoms with E-state index in [2.05, 4.69) is 10.4 Å². The molecular formula is C31H28F4N6O6. The fourth-order valence-corrected chi connectivity index (χ4v) is 5.96. The molecule has 3 aliphatic rings. The van der Waals surface area contributed by atoms with Crippen LogP contribution in [0.25, 0.3) is 11.1 Å². The molecular weight excluding hydrogens is 628 g/mol. The second-order valence-corrected chi connectivity index (χ2v) is 11.8. The number of alkyl halides is 3. The summed E-state index contributed by atoms with van der Waals surface area (Å²) < 4.78 is 56.0.